The zero-order valence-corrected chi connectivity index (χ0v) is 14.8. The predicted molar refractivity (Wildman–Crippen MR) is 96.3 cm³/mol. The third kappa shape index (κ3) is 2.47. The van der Waals surface area contributed by atoms with E-state index in [-0.39, 0.29) is 10.4 Å². The van der Waals surface area contributed by atoms with E-state index in [1.807, 2.05) is 39.0 Å². The van der Waals surface area contributed by atoms with E-state index in [9.17, 15) is 4.79 Å². The van der Waals surface area contributed by atoms with Gasteiger partial charge in [0.15, 0.2) is 0 Å². The molecule has 1 N–H and O–H groups in total. The van der Waals surface area contributed by atoms with Crippen LogP contribution >= 0.6 is 22.9 Å². The van der Waals surface area contributed by atoms with Crippen molar-refractivity contribution < 1.29 is 4.79 Å². The van der Waals surface area contributed by atoms with Gasteiger partial charge >= 0.3 is 5.91 Å². The van der Waals surface area contributed by atoms with E-state index >= 15 is 0 Å². The van der Waals surface area contributed by atoms with E-state index in [4.69, 9.17) is 11.6 Å². The zero-order valence-electron chi connectivity index (χ0n) is 13.3. The van der Waals surface area contributed by atoms with Crippen molar-refractivity contribution in [1.29, 1.82) is 0 Å². The molecule has 0 fully saturated rings. The number of anilines is 1. The van der Waals surface area contributed by atoms with Crippen LogP contribution in [0, 0.1) is 6.92 Å². The second-order valence-corrected chi connectivity index (χ2v) is 6.97. The number of nitrogens with one attached hydrogen (secondary N) is 1. The third-order valence-electron chi connectivity index (χ3n) is 3.99. The molecular formula is C16H18ClN4OS+. The monoisotopic (exact) mass is 349 g/mol. The number of quaternary nitrogens is 1. The molecule has 0 bridgehead atoms. The van der Waals surface area contributed by atoms with Crippen molar-refractivity contribution in [1.82, 2.24) is 14.5 Å². The summed E-state index contributed by atoms with van der Waals surface area (Å²) < 4.78 is 0.706. The number of amides is 1. The van der Waals surface area contributed by atoms with Crippen molar-refractivity contribution in [3.8, 4) is 0 Å². The lowest BCUT2D eigenvalue weighted by molar-refractivity contribution is -0.122. The largest absolute Gasteiger partial charge is 0.354 e. The molecule has 1 amide bonds. The van der Waals surface area contributed by atoms with Crippen molar-refractivity contribution in [2.24, 2.45) is 0 Å². The van der Waals surface area contributed by atoms with Gasteiger partial charge in [-0.2, -0.15) is 9.47 Å². The van der Waals surface area contributed by atoms with E-state index in [0.717, 1.165) is 22.8 Å². The van der Waals surface area contributed by atoms with Crippen molar-refractivity contribution in [2.75, 3.05) is 18.4 Å². The number of aromatic nitrogens is 2. The lowest BCUT2D eigenvalue weighted by atomic mass is 10.1. The Labute approximate surface area is 144 Å². The van der Waals surface area contributed by atoms with E-state index in [1.165, 1.54) is 11.3 Å². The number of fused-ring (bicyclic) bond motifs is 1. The van der Waals surface area contributed by atoms with E-state index in [1.54, 1.807) is 6.08 Å². The zero-order chi connectivity index (χ0) is 16.6. The minimum Gasteiger partial charge on any atom is -0.354 e. The number of likely N-dealkylation sites (N-methyl/N-ethyl adjacent to an activating group) is 1. The molecule has 1 aliphatic rings. The van der Waals surface area contributed by atoms with Gasteiger partial charge < -0.3 is 5.32 Å². The molecule has 0 aromatic carbocycles. The number of carbonyl (C=O) groups is 1. The summed E-state index contributed by atoms with van der Waals surface area (Å²) in [6, 6.07) is 3.73. The maximum atomic E-state index is 12.9. The third-order valence-corrected chi connectivity index (χ3v) is 5.34. The minimum atomic E-state index is -0.0148. The average molecular weight is 350 g/mol. The van der Waals surface area contributed by atoms with Gasteiger partial charge in [0.2, 0.25) is 10.9 Å². The van der Waals surface area contributed by atoms with Gasteiger partial charge in [0.25, 0.3) is 5.82 Å². The molecule has 7 heteroatoms. The molecule has 0 aliphatic carbocycles. The van der Waals surface area contributed by atoms with Crippen LogP contribution in [0.5, 0.6) is 0 Å². The SMILES string of the molecule is CCNc1nc(C)c2c(n1)[N+](CC)(c1ccc(Cl)s1)C(=O)C=C2. The smallest absolute Gasteiger partial charge is 0.350 e. The van der Waals surface area contributed by atoms with Gasteiger partial charge in [0.05, 0.1) is 22.1 Å². The molecule has 0 radical (unpaired) electrons. The van der Waals surface area contributed by atoms with Crippen molar-refractivity contribution in [3.63, 3.8) is 0 Å². The highest BCUT2D eigenvalue weighted by Crippen LogP contribution is 2.45. The van der Waals surface area contributed by atoms with Gasteiger partial charge in [-0.15, -0.1) is 0 Å². The summed E-state index contributed by atoms with van der Waals surface area (Å²) >= 11 is 7.53. The molecule has 1 aliphatic heterocycles. The first-order valence-corrected chi connectivity index (χ1v) is 8.72. The highest BCUT2D eigenvalue weighted by atomic mass is 35.5. The van der Waals surface area contributed by atoms with Crippen LogP contribution in [-0.2, 0) is 4.79 Å². The fourth-order valence-corrected chi connectivity index (χ4v) is 4.09. The first-order valence-electron chi connectivity index (χ1n) is 7.52. The Morgan fingerprint density at radius 1 is 1.26 bits per heavy atom. The van der Waals surface area contributed by atoms with Crippen LogP contribution in [0.2, 0.25) is 4.34 Å². The topological polar surface area (TPSA) is 54.9 Å². The van der Waals surface area contributed by atoms with Gasteiger partial charge in [-0.25, -0.2) is 9.78 Å². The molecular weight excluding hydrogens is 332 g/mol. The number of hydrogen-bond acceptors (Lipinski definition) is 5. The Balaban J connectivity index is 2.30. The van der Waals surface area contributed by atoms with Gasteiger partial charge in [0.1, 0.15) is 0 Å². The number of rotatable bonds is 4. The molecule has 0 saturated carbocycles. The van der Waals surface area contributed by atoms with Crippen LogP contribution in [0.4, 0.5) is 16.8 Å². The maximum absolute atomic E-state index is 12.9. The standard InChI is InChI=1S/C16H17ClN4OS/c1-4-18-16-19-10(3)11-6-8-13(22)21(5-2,15(11)20-16)14-9-7-12(17)23-14/h6-9H,4-5H2,1-3H3/p+1. The molecule has 0 spiro atoms. The summed E-state index contributed by atoms with van der Waals surface area (Å²) in [7, 11) is 0. The fourth-order valence-electron chi connectivity index (χ4n) is 2.86. The van der Waals surface area contributed by atoms with Crippen LogP contribution in [0.15, 0.2) is 18.2 Å². The van der Waals surface area contributed by atoms with Crippen LogP contribution in [-0.4, -0.2) is 29.0 Å². The summed E-state index contributed by atoms with van der Waals surface area (Å²) in [6.07, 6.45) is 3.42. The fraction of sp³-hybridized carbons (Fsp3) is 0.312. The molecule has 2 aromatic rings. The quantitative estimate of drug-likeness (QED) is 0.843. The van der Waals surface area contributed by atoms with E-state index < -0.39 is 0 Å². The normalized spacial score (nSPS) is 19.7. The summed E-state index contributed by atoms with van der Waals surface area (Å²) in [6.45, 7) is 7.20. The Morgan fingerprint density at radius 3 is 2.65 bits per heavy atom. The van der Waals surface area contributed by atoms with Crippen LogP contribution in [0.1, 0.15) is 25.1 Å². The highest BCUT2D eigenvalue weighted by Gasteiger charge is 2.46. The minimum absolute atomic E-state index is 0.0148. The second-order valence-electron chi connectivity index (χ2n) is 5.28. The molecule has 1 unspecified atom stereocenters. The lowest BCUT2D eigenvalue weighted by Crippen LogP contribution is -2.50. The van der Waals surface area contributed by atoms with Crippen molar-refractivity contribution in [2.45, 2.75) is 20.8 Å². The number of carbonyl (C=O) groups excluding carboxylic acids is 1. The van der Waals surface area contributed by atoms with Gasteiger partial charge in [-0.1, -0.05) is 22.9 Å². The first kappa shape index (κ1) is 16.1. The van der Waals surface area contributed by atoms with Gasteiger partial charge in [0, 0.05) is 18.7 Å². The van der Waals surface area contributed by atoms with Crippen molar-refractivity contribution in [3.05, 3.63) is 33.8 Å². The summed E-state index contributed by atoms with van der Waals surface area (Å²) in [4.78, 5) is 22.0. The lowest BCUT2D eigenvalue weighted by Gasteiger charge is -2.33. The molecule has 0 saturated heterocycles. The van der Waals surface area contributed by atoms with Gasteiger partial charge in [-0.3, -0.25) is 0 Å². The molecule has 1 atom stereocenters. The predicted octanol–water partition coefficient (Wildman–Crippen LogP) is 4.14. The summed E-state index contributed by atoms with van der Waals surface area (Å²) in [5.41, 5.74) is 1.76. The Morgan fingerprint density at radius 2 is 2.04 bits per heavy atom. The van der Waals surface area contributed by atoms with Crippen LogP contribution in [0.3, 0.4) is 0 Å². The Hall–Kier alpha value is -1.76. The Bertz CT molecular complexity index is 801. The summed E-state index contributed by atoms with van der Waals surface area (Å²) in [5.74, 6) is 1.24. The molecule has 5 nitrogen and oxygen atoms in total. The number of halogens is 1. The second kappa shape index (κ2) is 6.03. The van der Waals surface area contributed by atoms with E-state index in [0.29, 0.717) is 22.6 Å². The maximum Gasteiger partial charge on any atom is 0.350 e. The van der Waals surface area contributed by atoms with Crippen molar-refractivity contribution >= 4 is 51.7 Å². The summed E-state index contributed by atoms with van der Waals surface area (Å²) in [5, 5.41) is 4.01. The molecule has 120 valence electrons. The number of aryl methyl sites for hydroxylation is 1. The molecule has 3 rings (SSSR count). The molecule has 3 heterocycles. The number of hydrogen-bond donors (Lipinski definition) is 1. The molecule has 23 heavy (non-hydrogen) atoms. The van der Waals surface area contributed by atoms with E-state index in [2.05, 4.69) is 15.3 Å². The average Bonchev–Trinajstić information content (AvgIpc) is 2.95. The molecule has 2 aromatic heterocycles. The number of nitrogens with zero attached hydrogens (tertiary/aromatic N) is 3. The Kier molecular flexibility index (Phi) is 4.23. The number of thiophene rings is 1. The van der Waals surface area contributed by atoms with Gasteiger partial charge in [-0.05, 0) is 32.9 Å². The van der Waals surface area contributed by atoms with Crippen LogP contribution < -0.4 is 9.80 Å². The highest BCUT2D eigenvalue weighted by molar-refractivity contribution is 7.19. The van der Waals surface area contributed by atoms with Crippen LogP contribution in [0.25, 0.3) is 6.08 Å². The first-order chi connectivity index (χ1) is 11.0.